The van der Waals surface area contributed by atoms with Gasteiger partial charge in [-0.15, -0.1) is 0 Å². The molecule has 2 rings (SSSR count). The van der Waals surface area contributed by atoms with E-state index in [4.69, 9.17) is 0 Å². The number of aromatic nitrogens is 1. The van der Waals surface area contributed by atoms with Crippen LogP contribution >= 0.6 is 0 Å². The van der Waals surface area contributed by atoms with Gasteiger partial charge in [0.25, 0.3) is 0 Å². The highest BCUT2D eigenvalue weighted by Gasteiger charge is 2.20. The zero-order valence-corrected chi connectivity index (χ0v) is 10.4. The second-order valence-corrected chi connectivity index (χ2v) is 6.03. The molecule has 1 atom stereocenters. The van der Waals surface area contributed by atoms with Gasteiger partial charge in [0.05, 0.1) is 11.4 Å². The summed E-state index contributed by atoms with van der Waals surface area (Å²) in [5.74, 6) is 0.134. The maximum atomic E-state index is 11.9. The highest BCUT2D eigenvalue weighted by Crippen LogP contribution is 2.12. The Morgan fingerprint density at radius 2 is 2.12 bits per heavy atom. The number of pyridine rings is 1. The maximum Gasteiger partial charge on any atom is 0.234 e. The Bertz CT molecular complexity index is 441. The molecule has 0 amide bonds. The Morgan fingerprint density at radius 3 is 2.76 bits per heavy atom. The molecule has 0 radical (unpaired) electrons. The summed E-state index contributed by atoms with van der Waals surface area (Å²) in [6.07, 6.45) is 6.29. The van der Waals surface area contributed by atoms with Crippen LogP contribution in [0.5, 0.6) is 0 Å². The first-order valence-corrected chi connectivity index (χ1v) is 7.45. The zero-order valence-electron chi connectivity index (χ0n) is 9.59. The molecule has 94 valence electrons. The molecule has 17 heavy (non-hydrogen) atoms. The second kappa shape index (κ2) is 5.46. The van der Waals surface area contributed by atoms with Gasteiger partial charge >= 0.3 is 0 Å². The van der Waals surface area contributed by atoms with Gasteiger partial charge in [-0.05, 0) is 31.5 Å². The van der Waals surface area contributed by atoms with Crippen LogP contribution in [0.1, 0.15) is 19.3 Å². The molecule has 1 aromatic rings. The summed E-state index contributed by atoms with van der Waals surface area (Å²) in [6, 6.07) is 3.36. The second-order valence-electron chi connectivity index (χ2n) is 4.27. The molecule has 1 aliphatic heterocycles. The summed E-state index contributed by atoms with van der Waals surface area (Å²) >= 11 is 0. The van der Waals surface area contributed by atoms with Crippen molar-refractivity contribution < 1.29 is 8.42 Å². The van der Waals surface area contributed by atoms with E-state index in [1.807, 2.05) is 0 Å². The van der Waals surface area contributed by atoms with E-state index in [0.717, 1.165) is 25.8 Å². The highest BCUT2D eigenvalue weighted by molar-refractivity contribution is 7.92. The van der Waals surface area contributed by atoms with Crippen molar-refractivity contribution in [2.24, 2.45) is 0 Å². The van der Waals surface area contributed by atoms with Crippen LogP contribution in [0.3, 0.4) is 0 Å². The van der Waals surface area contributed by atoms with Crippen LogP contribution < -0.4 is 10.0 Å². The predicted molar refractivity (Wildman–Crippen MR) is 67.3 cm³/mol. The van der Waals surface area contributed by atoms with Crippen LogP contribution in [0.4, 0.5) is 5.69 Å². The Hall–Kier alpha value is -1.14. The number of sulfonamides is 1. The van der Waals surface area contributed by atoms with Gasteiger partial charge in [-0.1, -0.05) is 6.42 Å². The SMILES string of the molecule is O=S(=O)(CC1CCCCN1)Nc1ccncc1. The molecule has 5 nitrogen and oxygen atoms in total. The molecular formula is C11H17N3O2S. The van der Waals surface area contributed by atoms with E-state index in [1.54, 1.807) is 24.5 Å². The molecular weight excluding hydrogens is 238 g/mol. The van der Waals surface area contributed by atoms with Crippen LogP contribution in [0.25, 0.3) is 0 Å². The minimum absolute atomic E-state index is 0.0723. The van der Waals surface area contributed by atoms with E-state index < -0.39 is 10.0 Å². The first-order valence-electron chi connectivity index (χ1n) is 5.80. The van der Waals surface area contributed by atoms with Crippen molar-refractivity contribution in [2.75, 3.05) is 17.0 Å². The fourth-order valence-electron chi connectivity index (χ4n) is 1.97. The summed E-state index contributed by atoms with van der Waals surface area (Å²) in [6.45, 7) is 0.912. The summed E-state index contributed by atoms with van der Waals surface area (Å²) in [5.41, 5.74) is 0.566. The molecule has 1 unspecified atom stereocenters. The van der Waals surface area contributed by atoms with Crippen LogP contribution in [0.15, 0.2) is 24.5 Å². The van der Waals surface area contributed by atoms with Crippen LogP contribution in [-0.2, 0) is 10.0 Å². The normalized spacial score (nSPS) is 21.1. The first-order chi connectivity index (χ1) is 8.16. The number of anilines is 1. The maximum absolute atomic E-state index is 11.9. The van der Waals surface area contributed by atoms with Crippen molar-refractivity contribution in [3.63, 3.8) is 0 Å². The summed E-state index contributed by atoms with van der Waals surface area (Å²) in [7, 11) is -3.27. The average molecular weight is 255 g/mol. The van der Waals surface area contributed by atoms with Crippen molar-refractivity contribution in [3.05, 3.63) is 24.5 Å². The first kappa shape index (κ1) is 12.3. The lowest BCUT2D eigenvalue weighted by Crippen LogP contribution is -2.40. The smallest absolute Gasteiger partial charge is 0.234 e. The van der Waals surface area contributed by atoms with Crippen molar-refractivity contribution in [3.8, 4) is 0 Å². The molecule has 1 aromatic heterocycles. The zero-order chi connectivity index (χ0) is 12.1. The van der Waals surface area contributed by atoms with Gasteiger partial charge in [0.2, 0.25) is 10.0 Å². The van der Waals surface area contributed by atoms with Crippen molar-refractivity contribution >= 4 is 15.7 Å². The third kappa shape index (κ3) is 3.98. The fraction of sp³-hybridized carbons (Fsp3) is 0.545. The highest BCUT2D eigenvalue weighted by atomic mass is 32.2. The Balaban J connectivity index is 1.94. The molecule has 1 aliphatic rings. The van der Waals surface area contributed by atoms with Gasteiger partial charge in [-0.25, -0.2) is 8.42 Å². The third-order valence-electron chi connectivity index (χ3n) is 2.79. The van der Waals surface area contributed by atoms with E-state index in [9.17, 15) is 8.42 Å². The summed E-state index contributed by atoms with van der Waals surface area (Å²) in [5, 5.41) is 3.23. The molecule has 2 N–H and O–H groups in total. The number of piperidine rings is 1. The standard InChI is InChI=1S/C11H17N3O2S/c15-17(16,9-11-3-1-2-6-13-11)14-10-4-7-12-8-5-10/h4-5,7-8,11,13H,1-3,6,9H2,(H,12,14). The Morgan fingerprint density at radius 1 is 1.35 bits per heavy atom. The van der Waals surface area contributed by atoms with Gasteiger partial charge in [0.1, 0.15) is 0 Å². The quantitative estimate of drug-likeness (QED) is 0.841. The lowest BCUT2D eigenvalue weighted by atomic mass is 10.1. The van der Waals surface area contributed by atoms with Gasteiger partial charge in [-0.2, -0.15) is 0 Å². The van der Waals surface area contributed by atoms with E-state index in [-0.39, 0.29) is 11.8 Å². The number of hydrogen-bond donors (Lipinski definition) is 2. The van der Waals surface area contributed by atoms with Crippen LogP contribution in [-0.4, -0.2) is 31.7 Å². The fourth-order valence-corrected chi connectivity index (χ4v) is 3.37. The molecule has 0 bridgehead atoms. The van der Waals surface area contributed by atoms with E-state index in [1.165, 1.54) is 0 Å². The largest absolute Gasteiger partial charge is 0.313 e. The molecule has 0 aliphatic carbocycles. The minimum atomic E-state index is -3.27. The number of nitrogens with zero attached hydrogens (tertiary/aromatic N) is 1. The Labute approximate surface area is 102 Å². The lowest BCUT2D eigenvalue weighted by molar-refractivity contribution is 0.424. The van der Waals surface area contributed by atoms with Gasteiger partial charge in [-0.3, -0.25) is 9.71 Å². The molecule has 6 heteroatoms. The van der Waals surface area contributed by atoms with Gasteiger partial charge < -0.3 is 5.32 Å². The van der Waals surface area contributed by atoms with E-state index in [2.05, 4.69) is 15.0 Å². The summed E-state index contributed by atoms with van der Waals surface area (Å²) in [4.78, 5) is 3.84. The molecule has 0 spiro atoms. The average Bonchev–Trinajstić information content (AvgIpc) is 2.30. The topological polar surface area (TPSA) is 71.1 Å². The molecule has 1 fully saturated rings. The van der Waals surface area contributed by atoms with E-state index in [0.29, 0.717) is 5.69 Å². The molecule has 0 aromatic carbocycles. The monoisotopic (exact) mass is 255 g/mol. The number of nitrogens with one attached hydrogen (secondary N) is 2. The Kier molecular flexibility index (Phi) is 3.96. The third-order valence-corrected chi connectivity index (χ3v) is 4.17. The molecule has 0 saturated carbocycles. The number of hydrogen-bond acceptors (Lipinski definition) is 4. The van der Waals surface area contributed by atoms with Crippen molar-refractivity contribution in [2.45, 2.75) is 25.3 Å². The predicted octanol–water partition coefficient (Wildman–Crippen LogP) is 0.965. The van der Waals surface area contributed by atoms with Crippen molar-refractivity contribution in [1.29, 1.82) is 0 Å². The van der Waals surface area contributed by atoms with Crippen LogP contribution in [0.2, 0.25) is 0 Å². The lowest BCUT2D eigenvalue weighted by Gasteiger charge is -2.23. The minimum Gasteiger partial charge on any atom is -0.313 e. The van der Waals surface area contributed by atoms with Gasteiger partial charge in [0, 0.05) is 18.4 Å². The van der Waals surface area contributed by atoms with Crippen molar-refractivity contribution in [1.82, 2.24) is 10.3 Å². The molecule has 2 heterocycles. The van der Waals surface area contributed by atoms with E-state index >= 15 is 0 Å². The molecule has 1 saturated heterocycles. The summed E-state index contributed by atoms with van der Waals surface area (Å²) < 4.78 is 26.4. The van der Waals surface area contributed by atoms with Crippen LogP contribution in [0, 0.1) is 0 Å². The number of rotatable bonds is 4. The van der Waals surface area contributed by atoms with Gasteiger partial charge in [0.15, 0.2) is 0 Å².